The predicted octanol–water partition coefficient (Wildman–Crippen LogP) is 2.93. The van der Waals surface area contributed by atoms with Gasteiger partial charge in [-0.25, -0.2) is 0 Å². The predicted molar refractivity (Wildman–Crippen MR) is 80.6 cm³/mol. The summed E-state index contributed by atoms with van der Waals surface area (Å²) in [7, 11) is 0. The van der Waals surface area contributed by atoms with Gasteiger partial charge in [0.05, 0.1) is 11.1 Å². The molecule has 1 aromatic carbocycles. The first-order valence-corrected chi connectivity index (χ1v) is 7.40. The summed E-state index contributed by atoms with van der Waals surface area (Å²) in [6.45, 7) is 5.83. The quantitative estimate of drug-likeness (QED) is 0.894. The van der Waals surface area contributed by atoms with Gasteiger partial charge in [-0.1, -0.05) is 28.1 Å². The zero-order chi connectivity index (χ0) is 14.3. The first kappa shape index (κ1) is 14.5. The minimum atomic E-state index is -0.757. The summed E-state index contributed by atoms with van der Waals surface area (Å²) < 4.78 is 1.03. The van der Waals surface area contributed by atoms with Gasteiger partial charge in [0.1, 0.15) is 0 Å². The minimum Gasteiger partial charge on any atom is -0.346 e. The smallest absolute Gasteiger partial charge is 0.240 e. The molecule has 1 atom stereocenters. The largest absolute Gasteiger partial charge is 0.346 e. The van der Waals surface area contributed by atoms with Gasteiger partial charge in [-0.05, 0) is 57.2 Å². The summed E-state index contributed by atoms with van der Waals surface area (Å²) in [5, 5.41) is 3.07. The lowest BCUT2D eigenvalue weighted by atomic mass is 9.90. The van der Waals surface area contributed by atoms with Crippen LogP contribution in [0.25, 0.3) is 0 Å². The Labute approximate surface area is 123 Å². The maximum Gasteiger partial charge on any atom is 0.240 e. The molecule has 3 N–H and O–H groups in total. The Morgan fingerprint density at radius 3 is 2.26 bits per heavy atom. The van der Waals surface area contributed by atoms with E-state index in [9.17, 15) is 4.79 Å². The van der Waals surface area contributed by atoms with Gasteiger partial charge in [0, 0.05) is 4.47 Å². The molecule has 0 saturated heterocycles. The zero-order valence-electron chi connectivity index (χ0n) is 11.7. The highest BCUT2D eigenvalue weighted by Crippen LogP contribution is 2.38. The van der Waals surface area contributed by atoms with Crippen LogP contribution in [0.2, 0.25) is 0 Å². The van der Waals surface area contributed by atoms with Gasteiger partial charge in [-0.2, -0.15) is 0 Å². The first-order chi connectivity index (χ1) is 8.73. The summed E-state index contributed by atoms with van der Waals surface area (Å²) in [4.78, 5) is 12.4. The molecule has 0 spiro atoms. The van der Waals surface area contributed by atoms with Gasteiger partial charge in [-0.15, -0.1) is 0 Å². The molecular formula is C15H21BrN2O. The van der Waals surface area contributed by atoms with Crippen LogP contribution in [0.5, 0.6) is 0 Å². The highest BCUT2D eigenvalue weighted by Gasteiger charge is 2.45. The molecule has 0 heterocycles. The third-order valence-electron chi connectivity index (χ3n) is 3.91. The van der Waals surface area contributed by atoms with Crippen LogP contribution >= 0.6 is 15.9 Å². The van der Waals surface area contributed by atoms with Crippen LogP contribution in [0, 0.1) is 5.92 Å². The second-order valence-electron chi connectivity index (χ2n) is 6.14. The van der Waals surface area contributed by atoms with Crippen LogP contribution in [0.1, 0.15) is 39.2 Å². The Hall–Kier alpha value is -0.870. The third-order valence-corrected chi connectivity index (χ3v) is 4.44. The summed E-state index contributed by atoms with van der Waals surface area (Å²) in [6.07, 6.45) is 2.11. The molecule has 1 unspecified atom stereocenters. The third kappa shape index (κ3) is 3.18. The van der Waals surface area contributed by atoms with Crippen molar-refractivity contribution >= 4 is 21.8 Å². The monoisotopic (exact) mass is 324 g/mol. The molecule has 104 valence electrons. The van der Waals surface area contributed by atoms with E-state index in [4.69, 9.17) is 5.73 Å². The molecule has 0 radical (unpaired) electrons. The number of amides is 1. The van der Waals surface area contributed by atoms with Gasteiger partial charge < -0.3 is 11.1 Å². The number of hydrogen-bond acceptors (Lipinski definition) is 2. The van der Waals surface area contributed by atoms with Crippen molar-refractivity contribution in [1.82, 2.24) is 5.32 Å². The molecule has 2 rings (SSSR count). The van der Waals surface area contributed by atoms with E-state index in [1.807, 2.05) is 45.0 Å². The number of carbonyl (C=O) groups is 1. The molecule has 1 fully saturated rings. The summed E-state index contributed by atoms with van der Waals surface area (Å²) >= 11 is 3.41. The van der Waals surface area contributed by atoms with Crippen LogP contribution in [-0.4, -0.2) is 11.4 Å². The normalized spacial score (nSPS) is 18.8. The summed E-state index contributed by atoms with van der Waals surface area (Å²) in [5.74, 6) is 0.260. The maximum atomic E-state index is 12.4. The highest BCUT2D eigenvalue weighted by atomic mass is 79.9. The van der Waals surface area contributed by atoms with E-state index in [1.54, 1.807) is 0 Å². The molecule has 1 amide bonds. The minimum absolute atomic E-state index is 0.0667. The fraction of sp³-hybridized carbons (Fsp3) is 0.533. The lowest BCUT2D eigenvalue weighted by molar-refractivity contribution is -0.128. The van der Waals surface area contributed by atoms with Gasteiger partial charge in [-0.3, -0.25) is 4.79 Å². The number of benzene rings is 1. The number of halogens is 1. The second kappa shape index (κ2) is 4.91. The van der Waals surface area contributed by atoms with Gasteiger partial charge in [0.15, 0.2) is 0 Å². The summed E-state index contributed by atoms with van der Waals surface area (Å²) in [6, 6.07) is 7.97. The van der Waals surface area contributed by atoms with Crippen molar-refractivity contribution in [2.24, 2.45) is 11.7 Å². The van der Waals surface area contributed by atoms with Gasteiger partial charge in [0.25, 0.3) is 0 Å². The van der Waals surface area contributed by atoms with Gasteiger partial charge >= 0.3 is 0 Å². The van der Waals surface area contributed by atoms with E-state index in [1.165, 1.54) is 0 Å². The maximum absolute atomic E-state index is 12.4. The Kier molecular flexibility index (Phi) is 3.76. The average molecular weight is 325 g/mol. The van der Waals surface area contributed by atoms with E-state index < -0.39 is 11.1 Å². The van der Waals surface area contributed by atoms with E-state index >= 15 is 0 Å². The lowest BCUT2D eigenvalue weighted by Crippen LogP contribution is -2.57. The van der Waals surface area contributed by atoms with Crippen molar-refractivity contribution < 1.29 is 4.79 Å². The van der Waals surface area contributed by atoms with Crippen molar-refractivity contribution in [2.45, 2.75) is 44.7 Å². The standard InChI is InChI=1S/C15H21BrN2O/c1-14(2,10-6-8-12(16)9-7-10)18-13(19)15(3,17)11-4-5-11/h6-9,11H,4-5,17H2,1-3H3,(H,18,19). The number of rotatable bonds is 4. The topological polar surface area (TPSA) is 55.1 Å². The SMILES string of the molecule is CC(C)(NC(=O)C(C)(N)C1CC1)c1ccc(Br)cc1. The Morgan fingerprint density at radius 1 is 1.26 bits per heavy atom. The van der Waals surface area contributed by atoms with E-state index in [2.05, 4.69) is 21.2 Å². The van der Waals surface area contributed by atoms with Crippen molar-refractivity contribution in [3.8, 4) is 0 Å². The molecule has 0 aromatic heterocycles. The number of carbonyl (C=O) groups excluding carboxylic acids is 1. The molecule has 4 heteroatoms. The molecule has 1 aliphatic rings. The lowest BCUT2D eigenvalue weighted by Gasteiger charge is -2.32. The van der Waals surface area contributed by atoms with Crippen LogP contribution < -0.4 is 11.1 Å². The van der Waals surface area contributed by atoms with Crippen molar-refractivity contribution in [2.75, 3.05) is 0 Å². The molecular weight excluding hydrogens is 304 g/mol. The van der Waals surface area contributed by atoms with E-state index in [0.29, 0.717) is 5.92 Å². The molecule has 1 aliphatic carbocycles. The molecule has 0 bridgehead atoms. The van der Waals surface area contributed by atoms with E-state index in [0.717, 1.165) is 22.9 Å². The number of hydrogen-bond donors (Lipinski definition) is 2. The Morgan fingerprint density at radius 2 is 1.79 bits per heavy atom. The molecule has 19 heavy (non-hydrogen) atoms. The molecule has 3 nitrogen and oxygen atoms in total. The highest BCUT2D eigenvalue weighted by molar-refractivity contribution is 9.10. The van der Waals surface area contributed by atoms with Crippen molar-refractivity contribution in [3.05, 3.63) is 34.3 Å². The fourth-order valence-electron chi connectivity index (χ4n) is 2.23. The van der Waals surface area contributed by atoms with Crippen molar-refractivity contribution in [1.29, 1.82) is 0 Å². The van der Waals surface area contributed by atoms with Gasteiger partial charge in [0.2, 0.25) is 5.91 Å². The van der Waals surface area contributed by atoms with E-state index in [-0.39, 0.29) is 5.91 Å². The van der Waals surface area contributed by atoms with Crippen LogP contribution in [0.15, 0.2) is 28.7 Å². The van der Waals surface area contributed by atoms with Crippen molar-refractivity contribution in [3.63, 3.8) is 0 Å². The van der Waals surface area contributed by atoms with Crippen LogP contribution in [-0.2, 0) is 10.3 Å². The first-order valence-electron chi connectivity index (χ1n) is 6.61. The Balaban J connectivity index is 2.12. The average Bonchev–Trinajstić information content (AvgIpc) is 3.12. The molecule has 1 saturated carbocycles. The number of nitrogens with one attached hydrogen (secondary N) is 1. The molecule has 1 aromatic rings. The van der Waals surface area contributed by atoms with Crippen LogP contribution in [0.3, 0.4) is 0 Å². The molecule has 0 aliphatic heterocycles. The number of nitrogens with two attached hydrogens (primary N) is 1. The van der Waals surface area contributed by atoms with Crippen LogP contribution in [0.4, 0.5) is 0 Å². The fourth-order valence-corrected chi connectivity index (χ4v) is 2.49. The second-order valence-corrected chi connectivity index (χ2v) is 7.06. The zero-order valence-corrected chi connectivity index (χ0v) is 13.3. The summed E-state index contributed by atoms with van der Waals surface area (Å²) in [5.41, 5.74) is 6.04. The Bertz CT molecular complexity index is 475.